The molecule has 0 aromatic rings. The predicted molar refractivity (Wildman–Crippen MR) is 57.0 cm³/mol. The van der Waals surface area contributed by atoms with E-state index in [1.165, 1.54) is 0 Å². The molecule has 2 unspecified atom stereocenters. The smallest absolute Gasteiger partial charge is 0.0388 e. The fourth-order valence-electron chi connectivity index (χ4n) is 1.55. The maximum absolute atomic E-state index is 11.2. The van der Waals surface area contributed by atoms with Gasteiger partial charge in [-0.25, -0.2) is 0 Å². The Morgan fingerprint density at radius 1 is 1.62 bits per heavy atom. The first kappa shape index (κ1) is 10.7. The van der Waals surface area contributed by atoms with Gasteiger partial charge in [-0.2, -0.15) is 0 Å². The zero-order valence-corrected chi connectivity index (χ0v) is 9.19. The molecule has 1 heterocycles. The summed E-state index contributed by atoms with van der Waals surface area (Å²) in [5.74, 6) is 7.62. The van der Waals surface area contributed by atoms with Gasteiger partial charge in [-0.3, -0.25) is 9.11 Å². The van der Waals surface area contributed by atoms with Gasteiger partial charge in [-0.1, -0.05) is 0 Å². The molecule has 0 aliphatic carbocycles. The van der Waals surface area contributed by atoms with Crippen LogP contribution in [-0.4, -0.2) is 39.7 Å². The van der Waals surface area contributed by atoms with Crippen molar-refractivity contribution in [1.82, 2.24) is 4.90 Å². The minimum Gasteiger partial charge on any atom is -0.298 e. The van der Waals surface area contributed by atoms with E-state index in [1.807, 2.05) is 6.92 Å². The van der Waals surface area contributed by atoms with E-state index >= 15 is 0 Å². The Balaban J connectivity index is 2.32. The lowest BCUT2D eigenvalue weighted by Crippen LogP contribution is -2.45. The molecule has 0 spiro atoms. The van der Waals surface area contributed by atoms with Gasteiger partial charge in [0.2, 0.25) is 0 Å². The Bertz CT molecular complexity index is 241. The minimum absolute atomic E-state index is 0.466. The highest BCUT2D eigenvalue weighted by atomic mass is 32.2. The molecule has 0 radical (unpaired) electrons. The summed E-state index contributed by atoms with van der Waals surface area (Å²) in [5, 5.41) is 0. The van der Waals surface area contributed by atoms with Gasteiger partial charge in [0, 0.05) is 47.9 Å². The first-order chi connectivity index (χ1) is 6.24. The second kappa shape index (κ2) is 5.41. The summed E-state index contributed by atoms with van der Waals surface area (Å²) in [4.78, 5) is 2.38. The molecule has 2 nitrogen and oxygen atoms in total. The highest BCUT2D eigenvalue weighted by molar-refractivity contribution is 7.85. The third kappa shape index (κ3) is 3.50. The fourth-order valence-corrected chi connectivity index (χ4v) is 2.91. The van der Waals surface area contributed by atoms with Crippen LogP contribution >= 0.6 is 0 Å². The van der Waals surface area contributed by atoms with Crippen LogP contribution in [-0.2, 0) is 10.8 Å². The molecule has 0 saturated carbocycles. The molecule has 0 aromatic carbocycles. The number of hydrogen-bond donors (Lipinski definition) is 0. The number of rotatable bonds is 2. The van der Waals surface area contributed by atoms with Crippen LogP contribution in [0.5, 0.6) is 0 Å². The lowest BCUT2D eigenvalue weighted by atomic mass is 10.3. The quantitative estimate of drug-likeness (QED) is 0.615. The van der Waals surface area contributed by atoms with Crippen LogP contribution < -0.4 is 0 Å². The van der Waals surface area contributed by atoms with Gasteiger partial charge in [-0.15, -0.1) is 11.8 Å². The zero-order chi connectivity index (χ0) is 9.68. The molecule has 13 heavy (non-hydrogen) atoms. The van der Waals surface area contributed by atoms with E-state index in [4.69, 9.17) is 0 Å². The molecule has 3 heteroatoms. The van der Waals surface area contributed by atoms with Crippen molar-refractivity contribution in [3.63, 3.8) is 0 Å². The van der Waals surface area contributed by atoms with Gasteiger partial charge in [-0.05, 0) is 13.8 Å². The Morgan fingerprint density at radius 2 is 2.38 bits per heavy atom. The van der Waals surface area contributed by atoms with Crippen LogP contribution in [0, 0.1) is 11.8 Å². The molecule has 1 aliphatic heterocycles. The lowest BCUT2D eigenvalue weighted by Gasteiger charge is -2.32. The third-order valence-corrected chi connectivity index (χ3v) is 3.85. The maximum Gasteiger partial charge on any atom is 0.0388 e. The highest BCUT2D eigenvalue weighted by Gasteiger charge is 2.21. The fraction of sp³-hybridized carbons (Fsp3) is 0.800. The van der Waals surface area contributed by atoms with E-state index in [2.05, 4.69) is 23.7 Å². The van der Waals surface area contributed by atoms with Gasteiger partial charge >= 0.3 is 0 Å². The summed E-state index contributed by atoms with van der Waals surface area (Å²) in [6.07, 6.45) is 0.938. The third-order valence-electron chi connectivity index (χ3n) is 2.36. The van der Waals surface area contributed by atoms with E-state index in [9.17, 15) is 4.21 Å². The second-order valence-corrected chi connectivity index (χ2v) is 4.99. The van der Waals surface area contributed by atoms with E-state index < -0.39 is 10.8 Å². The molecular formula is C10H17NOS. The second-order valence-electron chi connectivity index (χ2n) is 3.37. The summed E-state index contributed by atoms with van der Waals surface area (Å²) in [5.41, 5.74) is 0. The Hall–Kier alpha value is -0.330. The van der Waals surface area contributed by atoms with Gasteiger partial charge in [0.15, 0.2) is 0 Å². The number of hydrogen-bond acceptors (Lipinski definition) is 2. The largest absolute Gasteiger partial charge is 0.298 e. The van der Waals surface area contributed by atoms with Crippen LogP contribution in [0.1, 0.15) is 20.3 Å². The topological polar surface area (TPSA) is 20.3 Å². The van der Waals surface area contributed by atoms with Gasteiger partial charge in [0.1, 0.15) is 0 Å². The molecule has 1 saturated heterocycles. The summed E-state index contributed by atoms with van der Waals surface area (Å²) in [7, 11) is -0.576. The van der Waals surface area contributed by atoms with E-state index in [0.29, 0.717) is 6.04 Å². The van der Waals surface area contributed by atoms with Crippen molar-refractivity contribution in [2.75, 3.05) is 24.6 Å². The molecule has 74 valence electrons. The van der Waals surface area contributed by atoms with Gasteiger partial charge < -0.3 is 0 Å². The van der Waals surface area contributed by atoms with Crippen molar-refractivity contribution in [2.45, 2.75) is 26.3 Å². The highest BCUT2D eigenvalue weighted by Crippen LogP contribution is 2.08. The zero-order valence-electron chi connectivity index (χ0n) is 8.38. The van der Waals surface area contributed by atoms with Crippen LogP contribution in [0.2, 0.25) is 0 Å². The normalized spacial score (nSPS) is 29.4. The molecule has 1 fully saturated rings. The molecule has 0 bridgehead atoms. The molecule has 1 aliphatic rings. The molecule has 1 rings (SSSR count). The Labute approximate surface area is 83.2 Å². The molecule has 0 amide bonds. The van der Waals surface area contributed by atoms with Crippen LogP contribution in [0.15, 0.2) is 0 Å². The number of nitrogens with zero attached hydrogens (tertiary/aromatic N) is 1. The van der Waals surface area contributed by atoms with Crippen molar-refractivity contribution >= 4 is 10.8 Å². The molecule has 2 atom stereocenters. The van der Waals surface area contributed by atoms with Crippen molar-refractivity contribution in [1.29, 1.82) is 0 Å². The van der Waals surface area contributed by atoms with Crippen LogP contribution in [0.25, 0.3) is 0 Å². The lowest BCUT2D eigenvalue weighted by molar-refractivity contribution is 0.235. The average Bonchev–Trinajstić information content (AvgIpc) is 2.09. The molecule has 0 aromatic heterocycles. The summed E-state index contributed by atoms with van der Waals surface area (Å²) in [6, 6.07) is 0.466. The molecule has 0 N–H and O–H groups in total. The van der Waals surface area contributed by atoms with Crippen molar-refractivity contribution < 1.29 is 4.21 Å². The summed E-state index contributed by atoms with van der Waals surface area (Å²) >= 11 is 0. The maximum atomic E-state index is 11.2. The van der Waals surface area contributed by atoms with E-state index in [1.54, 1.807) is 0 Å². The van der Waals surface area contributed by atoms with Gasteiger partial charge in [0.05, 0.1) is 0 Å². The summed E-state index contributed by atoms with van der Waals surface area (Å²) < 4.78 is 11.2. The Kier molecular flexibility index (Phi) is 4.47. The van der Waals surface area contributed by atoms with Crippen LogP contribution in [0.3, 0.4) is 0 Å². The molecular weight excluding hydrogens is 182 g/mol. The Morgan fingerprint density at radius 3 is 3.00 bits per heavy atom. The average molecular weight is 199 g/mol. The SMILES string of the molecule is CC#CCCN1CCS(=O)CC1C. The van der Waals surface area contributed by atoms with Crippen LogP contribution in [0.4, 0.5) is 0 Å². The summed E-state index contributed by atoms with van der Waals surface area (Å²) in [6.45, 7) is 6.02. The first-order valence-corrected chi connectivity index (χ1v) is 6.21. The predicted octanol–water partition coefficient (Wildman–Crippen LogP) is 0.853. The van der Waals surface area contributed by atoms with Crippen molar-refractivity contribution in [2.24, 2.45) is 0 Å². The van der Waals surface area contributed by atoms with E-state index in [0.717, 1.165) is 31.0 Å². The standard InChI is InChI=1S/C10H17NOS/c1-3-4-5-6-11-7-8-13(12)9-10(11)2/h10H,5-9H2,1-2H3. The van der Waals surface area contributed by atoms with Crippen molar-refractivity contribution in [3.8, 4) is 11.8 Å². The minimum atomic E-state index is -0.576. The van der Waals surface area contributed by atoms with Crippen molar-refractivity contribution in [3.05, 3.63) is 0 Å². The monoisotopic (exact) mass is 199 g/mol. The van der Waals surface area contributed by atoms with Gasteiger partial charge in [0.25, 0.3) is 0 Å². The first-order valence-electron chi connectivity index (χ1n) is 4.72. The van der Waals surface area contributed by atoms with E-state index in [-0.39, 0.29) is 0 Å².